The number of amides is 1. The molecule has 1 aliphatic heterocycles. The molecule has 1 saturated heterocycles. The van der Waals surface area contributed by atoms with Crippen LogP contribution in [0.1, 0.15) is 49.0 Å². The Morgan fingerprint density at radius 1 is 1.21 bits per heavy atom. The fourth-order valence-corrected chi connectivity index (χ4v) is 3.62. The molecular weight excluding hydrogens is 240 g/mol. The second-order valence-electron chi connectivity index (χ2n) is 5.66. The molecule has 2 fully saturated rings. The lowest BCUT2D eigenvalue weighted by Gasteiger charge is -2.28. The van der Waals surface area contributed by atoms with Crippen LogP contribution in [0.5, 0.6) is 0 Å². The monoisotopic (exact) mass is 260 g/mol. The number of carbonyl (C=O) groups excluding carboxylic acids is 1. The maximum absolute atomic E-state index is 12.5. The van der Waals surface area contributed by atoms with Gasteiger partial charge >= 0.3 is 5.91 Å². The molecule has 1 saturated carbocycles. The number of likely N-dealkylation sites (tertiary alicyclic amines) is 1. The molecule has 1 aliphatic carbocycles. The van der Waals surface area contributed by atoms with E-state index in [0.29, 0.717) is 16.7 Å². The fraction of sp³-hybridized carbons (Fsp3) is 0.600. The largest absolute Gasteiger partial charge is 0.618 e. The van der Waals surface area contributed by atoms with Crippen molar-refractivity contribution in [3.63, 3.8) is 0 Å². The van der Waals surface area contributed by atoms with Gasteiger partial charge in [-0.05, 0) is 37.7 Å². The van der Waals surface area contributed by atoms with Gasteiger partial charge in [0, 0.05) is 24.7 Å². The normalized spacial score (nSPS) is 24.0. The molecule has 4 heteroatoms. The highest BCUT2D eigenvalue weighted by atomic mass is 16.5. The Bertz CT molecular complexity index is 469. The Balaban J connectivity index is 1.80. The first-order chi connectivity index (χ1) is 9.27. The van der Waals surface area contributed by atoms with E-state index in [4.69, 9.17) is 0 Å². The van der Waals surface area contributed by atoms with Crippen LogP contribution in [0, 0.1) is 11.1 Å². The smallest absolute Gasteiger partial charge is 0.320 e. The highest BCUT2D eigenvalue weighted by molar-refractivity contribution is 5.91. The van der Waals surface area contributed by atoms with Crippen molar-refractivity contribution in [1.29, 1.82) is 0 Å². The molecular formula is C15H20N2O2. The van der Waals surface area contributed by atoms with E-state index >= 15 is 0 Å². The van der Waals surface area contributed by atoms with Gasteiger partial charge in [-0.25, -0.2) is 0 Å². The van der Waals surface area contributed by atoms with Crippen LogP contribution in [0.25, 0.3) is 0 Å². The van der Waals surface area contributed by atoms with Crippen LogP contribution >= 0.6 is 0 Å². The Hall–Kier alpha value is -1.58. The van der Waals surface area contributed by atoms with Crippen molar-refractivity contribution in [2.45, 2.75) is 44.6 Å². The third-order valence-corrected chi connectivity index (χ3v) is 4.55. The molecule has 1 aromatic heterocycles. The lowest BCUT2D eigenvalue weighted by atomic mass is 9.96. The van der Waals surface area contributed by atoms with Crippen LogP contribution in [0.4, 0.5) is 0 Å². The maximum Gasteiger partial charge on any atom is 0.320 e. The molecule has 0 bridgehead atoms. The minimum Gasteiger partial charge on any atom is -0.618 e. The second-order valence-corrected chi connectivity index (χ2v) is 5.66. The zero-order chi connectivity index (χ0) is 13.2. The van der Waals surface area contributed by atoms with E-state index in [9.17, 15) is 10.0 Å². The molecule has 2 aliphatic rings. The first-order valence-electron chi connectivity index (χ1n) is 7.26. The number of pyridine rings is 1. The average molecular weight is 260 g/mol. The van der Waals surface area contributed by atoms with Crippen molar-refractivity contribution in [1.82, 2.24) is 4.90 Å². The van der Waals surface area contributed by atoms with E-state index in [1.54, 1.807) is 18.2 Å². The third-order valence-electron chi connectivity index (χ3n) is 4.55. The molecule has 102 valence electrons. The zero-order valence-corrected chi connectivity index (χ0v) is 11.1. The molecule has 0 spiro atoms. The van der Waals surface area contributed by atoms with Crippen molar-refractivity contribution in [3.05, 3.63) is 35.3 Å². The lowest BCUT2D eigenvalue weighted by molar-refractivity contribution is -0.608. The minimum absolute atomic E-state index is 0.0926. The van der Waals surface area contributed by atoms with Crippen LogP contribution < -0.4 is 4.73 Å². The summed E-state index contributed by atoms with van der Waals surface area (Å²) < 4.78 is 0.687. The van der Waals surface area contributed by atoms with E-state index in [2.05, 4.69) is 0 Å². The van der Waals surface area contributed by atoms with Crippen LogP contribution in [-0.2, 0) is 0 Å². The molecule has 0 unspecified atom stereocenters. The fourth-order valence-electron chi connectivity index (χ4n) is 3.62. The number of nitrogens with zero attached hydrogens (tertiary/aromatic N) is 2. The summed E-state index contributed by atoms with van der Waals surface area (Å²) in [6.07, 6.45) is 8.61. The molecule has 2 heterocycles. The number of hydrogen-bond acceptors (Lipinski definition) is 2. The summed E-state index contributed by atoms with van der Waals surface area (Å²) in [6, 6.07) is 5.39. The van der Waals surface area contributed by atoms with Crippen molar-refractivity contribution in [2.75, 3.05) is 6.54 Å². The van der Waals surface area contributed by atoms with Gasteiger partial charge in [-0.2, -0.15) is 4.73 Å². The molecule has 0 N–H and O–H groups in total. The molecule has 3 rings (SSSR count). The molecule has 1 amide bonds. The van der Waals surface area contributed by atoms with E-state index in [1.807, 2.05) is 4.90 Å². The van der Waals surface area contributed by atoms with E-state index in [1.165, 1.54) is 31.9 Å². The van der Waals surface area contributed by atoms with E-state index < -0.39 is 0 Å². The highest BCUT2D eigenvalue weighted by Gasteiger charge is 2.38. The van der Waals surface area contributed by atoms with Crippen molar-refractivity contribution >= 4 is 5.91 Å². The predicted octanol–water partition coefficient (Wildman–Crippen LogP) is 2.11. The summed E-state index contributed by atoms with van der Waals surface area (Å²) >= 11 is 0. The quantitative estimate of drug-likeness (QED) is 0.604. The van der Waals surface area contributed by atoms with Crippen molar-refractivity contribution < 1.29 is 9.52 Å². The Morgan fingerprint density at radius 3 is 2.74 bits per heavy atom. The summed E-state index contributed by atoms with van der Waals surface area (Å²) in [5.74, 6) is 0.556. The van der Waals surface area contributed by atoms with Gasteiger partial charge < -0.3 is 10.1 Å². The Morgan fingerprint density at radius 2 is 2.00 bits per heavy atom. The van der Waals surface area contributed by atoms with Gasteiger partial charge in [0.25, 0.3) is 5.69 Å². The Kier molecular flexibility index (Phi) is 3.40. The van der Waals surface area contributed by atoms with Gasteiger partial charge in [-0.3, -0.25) is 4.79 Å². The summed E-state index contributed by atoms with van der Waals surface area (Å²) in [6.45, 7) is 0.800. The van der Waals surface area contributed by atoms with Crippen LogP contribution in [0.15, 0.2) is 24.4 Å². The standard InChI is InChI=1S/C15H20N2O2/c18-15(14-8-3-4-11-17(14)19)16-10-5-9-13(16)12-6-1-2-7-12/h3-4,8,11-13H,1-2,5-7,9-10H2/t13-/m1/s1. The number of carbonyl (C=O) groups is 1. The summed E-state index contributed by atoms with van der Waals surface area (Å²) in [5, 5.41) is 11.7. The molecule has 0 radical (unpaired) electrons. The van der Waals surface area contributed by atoms with E-state index in [-0.39, 0.29) is 11.6 Å². The predicted molar refractivity (Wildman–Crippen MR) is 71.4 cm³/mol. The SMILES string of the molecule is O=C(c1cccc[n+]1[O-])N1CCC[C@@H]1C1CCCC1. The Labute approximate surface area is 113 Å². The topological polar surface area (TPSA) is 47.2 Å². The van der Waals surface area contributed by atoms with Crippen LogP contribution in [-0.4, -0.2) is 23.4 Å². The van der Waals surface area contributed by atoms with Gasteiger partial charge in [-0.1, -0.05) is 12.8 Å². The molecule has 4 nitrogen and oxygen atoms in total. The van der Waals surface area contributed by atoms with Gasteiger partial charge in [-0.15, -0.1) is 0 Å². The number of rotatable bonds is 2. The van der Waals surface area contributed by atoms with Crippen LogP contribution in [0.2, 0.25) is 0 Å². The van der Waals surface area contributed by atoms with E-state index in [0.717, 1.165) is 19.4 Å². The van der Waals surface area contributed by atoms with Crippen molar-refractivity contribution in [2.24, 2.45) is 5.92 Å². The lowest BCUT2D eigenvalue weighted by Crippen LogP contribution is -2.45. The summed E-state index contributed by atoms with van der Waals surface area (Å²) in [5.41, 5.74) is 0.257. The summed E-state index contributed by atoms with van der Waals surface area (Å²) in [4.78, 5) is 14.5. The van der Waals surface area contributed by atoms with Crippen LogP contribution in [0.3, 0.4) is 0 Å². The minimum atomic E-state index is -0.0926. The molecule has 1 aromatic rings. The van der Waals surface area contributed by atoms with Gasteiger partial charge in [0.05, 0.1) is 0 Å². The first kappa shape index (κ1) is 12.5. The van der Waals surface area contributed by atoms with Gasteiger partial charge in [0.1, 0.15) is 0 Å². The zero-order valence-electron chi connectivity index (χ0n) is 11.1. The highest BCUT2D eigenvalue weighted by Crippen LogP contribution is 2.35. The van der Waals surface area contributed by atoms with Crippen molar-refractivity contribution in [3.8, 4) is 0 Å². The van der Waals surface area contributed by atoms with Gasteiger partial charge in [0.15, 0.2) is 6.20 Å². The molecule has 1 atom stereocenters. The number of hydrogen-bond donors (Lipinski definition) is 0. The molecule has 0 aromatic carbocycles. The maximum atomic E-state index is 12.5. The number of aromatic nitrogens is 1. The molecule has 19 heavy (non-hydrogen) atoms. The third kappa shape index (κ3) is 2.31. The second kappa shape index (κ2) is 5.19. The first-order valence-corrected chi connectivity index (χ1v) is 7.26. The van der Waals surface area contributed by atoms with Gasteiger partial charge in [0.2, 0.25) is 0 Å². The average Bonchev–Trinajstić information content (AvgIpc) is 3.09. The summed E-state index contributed by atoms with van der Waals surface area (Å²) in [7, 11) is 0.